The number of benzene rings is 1. The van der Waals surface area contributed by atoms with Gasteiger partial charge in [-0.2, -0.15) is 0 Å². The second-order valence-electron chi connectivity index (χ2n) is 7.91. The van der Waals surface area contributed by atoms with Crippen LogP contribution < -0.4 is 0 Å². The van der Waals surface area contributed by atoms with Gasteiger partial charge in [-0.05, 0) is 49.7 Å². The zero-order valence-electron chi connectivity index (χ0n) is 15.4. The molecule has 2 aliphatic rings. The smallest absolute Gasteiger partial charge is 0.256 e. The van der Waals surface area contributed by atoms with Gasteiger partial charge in [-0.15, -0.1) is 0 Å². The van der Waals surface area contributed by atoms with Gasteiger partial charge in [0.2, 0.25) is 0 Å². The summed E-state index contributed by atoms with van der Waals surface area (Å²) < 4.78 is 28.1. The number of carbonyl (C=O) groups is 1. The molecule has 1 aromatic carbocycles. The van der Waals surface area contributed by atoms with Crippen LogP contribution in [0.2, 0.25) is 0 Å². The molecular formula is C20H28F2N2O. The third-order valence-electron chi connectivity index (χ3n) is 5.50. The monoisotopic (exact) mass is 350 g/mol. The Morgan fingerprint density at radius 2 is 1.92 bits per heavy atom. The lowest BCUT2D eigenvalue weighted by molar-refractivity contribution is 0.0698. The van der Waals surface area contributed by atoms with E-state index in [1.165, 1.54) is 31.9 Å². The Morgan fingerprint density at radius 1 is 1.20 bits per heavy atom. The van der Waals surface area contributed by atoms with Gasteiger partial charge >= 0.3 is 0 Å². The van der Waals surface area contributed by atoms with Gasteiger partial charge in [0.15, 0.2) is 11.6 Å². The predicted octanol–water partition coefficient (Wildman–Crippen LogP) is 3.86. The number of amides is 1. The summed E-state index contributed by atoms with van der Waals surface area (Å²) in [5.74, 6) is -1.13. The summed E-state index contributed by atoms with van der Waals surface area (Å²) in [6, 6.07) is 3.15. The zero-order valence-corrected chi connectivity index (χ0v) is 15.4. The SMILES string of the molecule is Cc1ccc(C(=O)N2CCCN(CC3CC3)[C@@H](C(C)C)C2)c(F)c1F. The molecule has 1 atom stereocenters. The number of hydrogen-bond donors (Lipinski definition) is 0. The van der Waals surface area contributed by atoms with Crippen LogP contribution in [0.5, 0.6) is 0 Å². The highest BCUT2D eigenvalue weighted by atomic mass is 19.2. The Kier molecular flexibility index (Phi) is 5.42. The Balaban J connectivity index is 1.79. The van der Waals surface area contributed by atoms with Crippen molar-refractivity contribution in [3.63, 3.8) is 0 Å². The molecule has 0 N–H and O–H groups in total. The van der Waals surface area contributed by atoms with Gasteiger partial charge in [-0.1, -0.05) is 19.9 Å². The molecule has 1 saturated heterocycles. The maximum Gasteiger partial charge on any atom is 0.256 e. The molecule has 1 aliphatic carbocycles. The molecule has 0 spiro atoms. The van der Waals surface area contributed by atoms with Crippen molar-refractivity contribution in [2.75, 3.05) is 26.2 Å². The number of halogens is 2. The van der Waals surface area contributed by atoms with E-state index in [9.17, 15) is 13.6 Å². The first-order valence-corrected chi connectivity index (χ1v) is 9.36. The molecule has 25 heavy (non-hydrogen) atoms. The van der Waals surface area contributed by atoms with Gasteiger partial charge in [0.05, 0.1) is 5.56 Å². The van der Waals surface area contributed by atoms with Crippen molar-refractivity contribution in [1.29, 1.82) is 0 Å². The largest absolute Gasteiger partial charge is 0.337 e. The molecule has 1 amide bonds. The quantitative estimate of drug-likeness (QED) is 0.823. The van der Waals surface area contributed by atoms with Gasteiger partial charge in [0.1, 0.15) is 0 Å². The zero-order chi connectivity index (χ0) is 18.1. The molecule has 0 radical (unpaired) electrons. The van der Waals surface area contributed by atoms with Crippen LogP contribution in [0.15, 0.2) is 12.1 Å². The van der Waals surface area contributed by atoms with Gasteiger partial charge in [0, 0.05) is 32.2 Å². The molecule has 138 valence electrons. The molecule has 0 aromatic heterocycles. The van der Waals surface area contributed by atoms with E-state index in [0.717, 1.165) is 25.4 Å². The standard InChI is InChI=1S/C20H28F2N2O/c1-13(2)17-12-24(10-4-9-23(17)11-15-6-7-15)20(25)16-8-5-14(3)18(21)19(16)22/h5,8,13,15,17H,4,6-7,9-12H2,1-3H3/t17-/m1/s1. The molecule has 0 bridgehead atoms. The number of aryl methyl sites for hydroxylation is 1. The van der Waals surface area contributed by atoms with Gasteiger partial charge < -0.3 is 4.90 Å². The van der Waals surface area contributed by atoms with Gasteiger partial charge in [-0.3, -0.25) is 9.69 Å². The van der Waals surface area contributed by atoms with Crippen molar-refractivity contribution in [3.05, 3.63) is 34.9 Å². The van der Waals surface area contributed by atoms with E-state index in [0.29, 0.717) is 19.0 Å². The van der Waals surface area contributed by atoms with Crippen LogP contribution in [0.25, 0.3) is 0 Å². The predicted molar refractivity (Wildman–Crippen MR) is 94.5 cm³/mol. The Hall–Kier alpha value is -1.49. The fourth-order valence-corrected chi connectivity index (χ4v) is 3.72. The van der Waals surface area contributed by atoms with Crippen LogP contribution >= 0.6 is 0 Å². The minimum absolute atomic E-state index is 0.152. The van der Waals surface area contributed by atoms with E-state index in [1.807, 2.05) is 0 Å². The minimum Gasteiger partial charge on any atom is -0.337 e. The Bertz CT molecular complexity index is 643. The van der Waals surface area contributed by atoms with Gasteiger partial charge in [-0.25, -0.2) is 8.78 Å². The molecule has 3 rings (SSSR count). The van der Waals surface area contributed by atoms with Crippen molar-refractivity contribution in [3.8, 4) is 0 Å². The maximum absolute atomic E-state index is 14.2. The van der Waals surface area contributed by atoms with Crippen LogP contribution in [-0.4, -0.2) is 47.9 Å². The number of nitrogens with zero attached hydrogens (tertiary/aromatic N) is 2. The van der Waals surface area contributed by atoms with Crippen LogP contribution in [0.4, 0.5) is 8.78 Å². The summed E-state index contributed by atoms with van der Waals surface area (Å²) >= 11 is 0. The van der Waals surface area contributed by atoms with Crippen LogP contribution in [0, 0.1) is 30.4 Å². The lowest BCUT2D eigenvalue weighted by Gasteiger charge is -2.34. The van der Waals surface area contributed by atoms with E-state index in [1.54, 1.807) is 4.90 Å². The third kappa shape index (κ3) is 4.02. The molecule has 2 fully saturated rings. The molecule has 1 aromatic rings. The van der Waals surface area contributed by atoms with Crippen LogP contribution in [-0.2, 0) is 0 Å². The van der Waals surface area contributed by atoms with Crippen molar-refractivity contribution in [2.24, 2.45) is 11.8 Å². The fraction of sp³-hybridized carbons (Fsp3) is 0.650. The number of rotatable bonds is 4. The first-order valence-electron chi connectivity index (χ1n) is 9.36. The summed E-state index contributed by atoms with van der Waals surface area (Å²) in [5.41, 5.74) is 0.0711. The summed E-state index contributed by atoms with van der Waals surface area (Å²) in [6.07, 6.45) is 3.48. The molecule has 1 saturated carbocycles. The molecule has 5 heteroatoms. The summed E-state index contributed by atoms with van der Waals surface area (Å²) in [5, 5.41) is 0. The molecular weight excluding hydrogens is 322 g/mol. The molecule has 0 unspecified atom stereocenters. The summed E-state index contributed by atoms with van der Waals surface area (Å²) in [4.78, 5) is 17.1. The third-order valence-corrected chi connectivity index (χ3v) is 5.50. The number of carbonyl (C=O) groups excluding carboxylic acids is 1. The van der Waals surface area contributed by atoms with Crippen molar-refractivity contribution in [2.45, 2.75) is 46.1 Å². The average Bonchev–Trinajstić information content (AvgIpc) is 3.39. The van der Waals surface area contributed by atoms with E-state index in [2.05, 4.69) is 18.7 Å². The van der Waals surface area contributed by atoms with Crippen molar-refractivity contribution in [1.82, 2.24) is 9.80 Å². The molecule has 3 nitrogen and oxygen atoms in total. The van der Waals surface area contributed by atoms with E-state index in [-0.39, 0.29) is 17.2 Å². The van der Waals surface area contributed by atoms with Crippen molar-refractivity contribution >= 4 is 5.91 Å². The summed E-state index contributed by atoms with van der Waals surface area (Å²) in [7, 11) is 0. The lowest BCUT2D eigenvalue weighted by atomic mass is 10.0. The van der Waals surface area contributed by atoms with Crippen LogP contribution in [0.1, 0.15) is 49.0 Å². The first-order chi connectivity index (χ1) is 11.9. The van der Waals surface area contributed by atoms with Gasteiger partial charge in [0.25, 0.3) is 5.91 Å². The summed E-state index contributed by atoms with van der Waals surface area (Å²) in [6.45, 7) is 9.08. The highest BCUT2D eigenvalue weighted by Gasteiger charge is 2.34. The highest BCUT2D eigenvalue weighted by molar-refractivity contribution is 5.94. The molecule has 1 aliphatic heterocycles. The topological polar surface area (TPSA) is 23.6 Å². The Labute approximate surface area is 149 Å². The average molecular weight is 350 g/mol. The second-order valence-corrected chi connectivity index (χ2v) is 7.91. The highest BCUT2D eigenvalue weighted by Crippen LogP contribution is 2.32. The first kappa shape index (κ1) is 18.3. The second kappa shape index (κ2) is 7.40. The van der Waals surface area contributed by atoms with Crippen LogP contribution in [0.3, 0.4) is 0 Å². The number of hydrogen-bond acceptors (Lipinski definition) is 2. The van der Waals surface area contributed by atoms with Crippen molar-refractivity contribution < 1.29 is 13.6 Å². The van der Waals surface area contributed by atoms with E-state index >= 15 is 0 Å². The Morgan fingerprint density at radius 3 is 2.56 bits per heavy atom. The maximum atomic E-state index is 14.2. The molecule has 1 heterocycles. The van der Waals surface area contributed by atoms with E-state index < -0.39 is 17.5 Å². The fourth-order valence-electron chi connectivity index (χ4n) is 3.72. The lowest BCUT2D eigenvalue weighted by Crippen LogP contribution is -2.46. The normalized spacial score (nSPS) is 22.3. The van der Waals surface area contributed by atoms with E-state index in [4.69, 9.17) is 0 Å². The minimum atomic E-state index is -1.02.